The van der Waals surface area contributed by atoms with Crippen molar-refractivity contribution in [3.05, 3.63) is 66.4 Å². The highest BCUT2D eigenvalue weighted by Gasteiger charge is 2.60. The van der Waals surface area contributed by atoms with Crippen molar-refractivity contribution in [2.75, 3.05) is 0 Å². The van der Waals surface area contributed by atoms with E-state index in [0.717, 1.165) is 17.4 Å². The maximum Gasteiger partial charge on any atom is 0.461 e. The van der Waals surface area contributed by atoms with Crippen molar-refractivity contribution >= 4 is 28.0 Å². The molecule has 2 aliphatic rings. The second-order valence-corrected chi connectivity index (χ2v) is 11.2. The van der Waals surface area contributed by atoms with Gasteiger partial charge in [0.15, 0.2) is 0 Å². The molecule has 2 atom stereocenters. The summed E-state index contributed by atoms with van der Waals surface area (Å²) < 4.78 is 40.6. The van der Waals surface area contributed by atoms with Gasteiger partial charge in [0.05, 0.1) is 21.6 Å². The van der Waals surface area contributed by atoms with E-state index in [1.54, 1.807) is 30.5 Å². The van der Waals surface area contributed by atoms with Gasteiger partial charge in [-0.3, -0.25) is 0 Å². The van der Waals surface area contributed by atoms with Gasteiger partial charge in [-0.15, -0.1) is 0 Å². The van der Waals surface area contributed by atoms with Crippen molar-refractivity contribution in [2.45, 2.75) is 61.9 Å². The van der Waals surface area contributed by atoms with Crippen molar-refractivity contribution < 1.29 is 17.7 Å². The minimum Gasteiger partial charge on any atom is -0.403 e. The molecular formula is C23H26BNO4S. The average molecular weight is 423 g/mol. The first-order chi connectivity index (χ1) is 14.1. The molecule has 0 N–H and O–H groups in total. The Morgan fingerprint density at radius 3 is 2.20 bits per heavy atom. The molecule has 7 heteroatoms. The highest BCUT2D eigenvalue weighted by Crippen LogP contribution is 2.59. The van der Waals surface area contributed by atoms with Crippen molar-refractivity contribution in [1.82, 2.24) is 3.97 Å². The Morgan fingerprint density at radius 1 is 0.933 bits per heavy atom. The summed E-state index contributed by atoms with van der Waals surface area (Å²) in [7, 11) is -3.94. The predicted molar refractivity (Wildman–Crippen MR) is 118 cm³/mol. The van der Waals surface area contributed by atoms with Crippen molar-refractivity contribution in [2.24, 2.45) is 0 Å². The summed E-state index contributed by atoms with van der Waals surface area (Å²) in [6, 6.07) is 16.3. The molecular weight excluding hydrogens is 397 g/mol. The Morgan fingerprint density at radius 2 is 1.53 bits per heavy atom. The topological polar surface area (TPSA) is 57.5 Å². The van der Waals surface area contributed by atoms with Crippen LogP contribution in [0.25, 0.3) is 10.9 Å². The van der Waals surface area contributed by atoms with Crippen LogP contribution in [0.5, 0.6) is 0 Å². The summed E-state index contributed by atoms with van der Waals surface area (Å²) in [6.45, 7) is 8.23. The molecule has 5 rings (SSSR count). The number of fused-ring (bicyclic) bond motifs is 1. The number of rotatable bonds is 4. The van der Waals surface area contributed by atoms with E-state index in [1.807, 2.05) is 30.3 Å². The van der Waals surface area contributed by atoms with Crippen molar-refractivity contribution in [3.63, 3.8) is 0 Å². The van der Waals surface area contributed by atoms with Crippen LogP contribution in [0.1, 0.15) is 45.6 Å². The zero-order chi connectivity index (χ0) is 21.3. The summed E-state index contributed by atoms with van der Waals surface area (Å²) in [5.74, 6) is 0.446. The third kappa shape index (κ3) is 2.94. The van der Waals surface area contributed by atoms with Crippen LogP contribution >= 0.6 is 0 Å². The summed E-state index contributed by atoms with van der Waals surface area (Å²) >= 11 is 0. The normalized spacial score (nSPS) is 25.0. The van der Waals surface area contributed by atoms with E-state index in [4.69, 9.17) is 9.31 Å². The van der Waals surface area contributed by atoms with E-state index in [0.29, 0.717) is 5.52 Å². The minimum absolute atomic E-state index is 0.219. The molecule has 1 aromatic heterocycles. The molecule has 30 heavy (non-hydrogen) atoms. The predicted octanol–water partition coefficient (Wildman–Crippen LogP) is 4.83. The maximum atomic E-state index is 13.3. The molecule has 0 bridgehead atoms. The summed E-state index contributed by atoms with van der Waals surface area (Å²) in [5, 5.41) is 0.973. The van der Waals surface area contributed by atoms with E-state index in [1.165, 1.54) is 3.97 Å². The van der Waals surface area contributed by atoms with E-state index < -0.39 is 10.0 Å². The monoisotopic (exact) mass is 423 g/mol. The lowest BCUT2D eigenvalue weighted by Gasteiger charge is -2.32. The molecule has 2 fully saturated rings. The molecule has 0 amide bonds. The fourth-order valence-corrected chi connectivity index (χ4v) is 5.71. The molecule has 0 spiro atoms. The number of aromatic nitrogens is 1. The summed E-state index contributed by atoms with van der Waals surface area (Å²) in [4.78, 5) is 0.288. The van der Waals surface area contributed by atoms with Crippen LogP contribution in [0.3, 0.4) is 0 Å². The van der Waals surface area contributed by atoms with E-state index in [-0.39, 0.29) is 35.0 Å². The molecule has 2 heterocycles. The van der Waals surface area contributed by atoms with Crippen LogP contribution < -0.4 is 0 Å². The van der Waals surface area contributed by atoms with Gasteiger partial charge in [-0.1, -0.05) is 36.4 Å². The zero-order valence-corrected chi connectivity index (χ0v) is 18.5. The number of para-hydroxylation sites is 1. The number of nitrogens with zero attached hydrogens (tertiary/aromatic N) is 1. The van der Waals surface area contributed by atoms with Gasteiger partial charge in [-0.05, 0) is 63.8 Å². The van der Waals surface area contributed by atoms with Crippen LogP contribution in [-0.2, 0) is 19.3 Å². The third-order valence-corrected chi connectivity index (χ3v) is 8.56. The molecule has 1 saturated carbocycles. The molecule has 0 unspecified atom stereocenters. The first-order valence-electron chi connectivity index (χ1n) is 10.4. The lowest BCUT2D eigenvalue weighted by atomic mass is 9.79. The standard InChI is InChI=1S/C23H26BNO4S/c1-22(2)23(3,4)29-24(28-22)20-14-18(20)19-15-25(21-13-9-8-12-17(19)21)30(26,27)16-10-6-5-7-11-16/h5-13,15,18,20H,14H2,1-4H3/t18-,20+/m1/s1. The smallest absolute Gasteiger partial charge is 0.403 e. The molecule has 0 radical (unpaired) electrons. The Kier molecular flexibility index (Phi) is 4.27. The Labute approximate surface area is 178 Å². The van der Waals surface area contributed by atoms with Gasteiger partial charge in [0, 0.05) is 17.4 Å². The Bertz CT molecular complexity index is 1200. The molecule has 2 aromatic carbocycles. The summed E-state index contributed by atoms with van der Waals surface area (Å²) in [5.41, 5.74) is 1.02. The van der Waals surface area contributed by atoms with Gasteiger partial charge in [0.1, 0.15) is 0 Å². The van der Waals surface area contributed by atoms with E-state index in [9.17, 15) is 8.42 Å². The lowest BCUT2D eigenvalue weighted by Crippen LogP contribution is -2.41. The van der Waals surface area contributed by atoms with Gasteiger partial charge < -0.3 is 9.31 Å². The molecule has 5 nitrogen and oxygen atoms in total. The fraction of sp³-hybridized carbons (Fsp3) is 0.391. The highest BCUT2D eigenvalue weighted by molar-refractivity contribution is 7.90. The first kappa shape index (κ1) is 19.9. The molecule has 1 aliphatic heterocycles. The van der Waals surface area contributed by atoms with Crippen LogP contribution in [0, 0.1) is 0 Å². The third-order valence-electron chi connectivity index (χ3n) is 6.87. The molecule has 156 valence electrons. The Hall–Kier alpha value is -2.09. The Balaban J connectivity index is 1.52. The van der Waals surface area contributed by atoms with Gasteiger partial charge >= 0.3 is 7.12 Å². The SMILES string of the molecule is CC1(C)OB([C@H]2C[C@@H]2c2cn(S(=O)(=O)c3ccccc3)c3ccccc23)OC1(C)C. The van der Waals surface area contributed by atoms with Crippen molar-refractivity contribution in [1.29, 1.82) is 0 Å². The van der Waals surface area contributed by atoms with Gasteiger partial charge in [0.25, 0.3) is 10.0 Å². The van der Waals surface area contributed by atoms with Gasteiger partial charge in [0.2, 0.25) is 0 Å². The second kappa shape index (κ2) is 6.46. The van der Waals surface area contributed by atoms with Gasteiger partial charge in [-0.2, -0.15) is 0 Å². The van der Waals surface area contributed by atoms with Crippen LogP contribution in [0.15, 0.2) is 65.7 Å². The van der Waals surface area contributed by atoms with Crippen LogP contribution in [-0.4, -0.2) is 30.7 Å². The lowest BCUT2D eigenvalue weighted by molar-refractivity contribution is 0.00578. The molecule has 1 aliphatic carbocycles. The van der Waals surface area contributed by atoms with Crippen LogP contribution in [0.2, 0.25) is 5.82 Å². The molecule has 3 aromatic rings. The fourth-order valence-electron chi connectivity index (χ4n) is 4.31. The zero-order valence-electron chi connectivity index (χ0n) is 17.7. The maximum absolute atomic E-state index is 13.3. The average Bonchev–Trinajstić information content (AvgIpc) is 3.34. The van der Waals surface area contributed by atoms with E-state index >= 15 is 0 Å². The van der Waals surface area contributed by atoms with Gasteiger partial charge in [-0.25, -0.2) is 12.4 Å². The van der Waals surface area contributed by atoms with Crippen molar-refractivity contribution in [3.8, 4) is 0 Å². The summed E-state index contributed by atoms with van der Waals surface area (Å²) in [6.07, 6.45) is 2.72. The quantitative estimate of drug-likeness (QED) is 0.565. The number of hydrogen-bond acceptors (Lipinski definition) is 4. The van der Waals surface area contributed by atoms with E-state index in [2.05, 4.69) is 27.7 Å². The number of hydrogen-bond donors (Lipinski definition) is 0. The highest BCUT2D eigenvalue weighted by atomic mass is 32.2. The molecule has 1 saturated heterocycles. The largest absolute Gasteiger partial charge is 0.461 e. The van der Waals surface area contributed by atoms with Crippen LogP contribution in [0.4, 0.5) is 0 Å². The first-order valence-corrected chi connectivity index (χ1v) is 11.8. The second-order valence-electron chi connectivity index (χ2n) is 9.35. The number of benzene rings is 2. The minimum atomic E-state index is -3.67.